The molecule has 21 heavy (non-hydrogen) atoms. The monoisotopic (exact) mass is 436 g/mol. The zero-order valence-electron chi connectivity index (χ0n) is 11.1. The van der Waals surface area contributed by atoms with Gasteiger partial charge in [-0.15, -0.1) is 0 Å². The Hall–Kier alpha value is -0.780. The van der Waals surface area contributed by atoms with Gasteiger partial charge in [0, 0.05) is 15.4 Å². The normalized spacial score (nSPS) is 10.5. The Morgan fingerprint density at radius 1 is 1.24 bits per heavy atom. The third-order valence-corrected chi connectivity index (χ3v) is 4.25. The topological polar surface area (TPSA) is 18.5 Å². The van der Waals surface area contributed by atoms with Gasteiger partial charge in [-0.05, 0) is 29.8 Å². The van der Waals surface area contributed by atoms with Crippen LogP contribution in [0.5, 0.6) is 11.5 Å². The zero-order valence-corrected chi connectivity index (χ0v) is 15.1. The van der Waals surface area contributed by atoms with Crippen molar-refractivity contribution in [3.63, 3.8) is 0 Å². The van der Waals surface area contributed by atoms with E-state index in [9.17, 15) is 4.39 Å². The van der Waals surface area contributed by atoms with Gasteiger partial charge in [-0.2, -0.15) is 0 Å². The largest absolute Gasteiger partial charge is 0.493 e. The summed E-state index contributed by atoms with van der Waals surface area (Å²) in [5, 5.41) is 1.09. The van der Waals surface area contributed by atoms with E-state index < -0.39 is 0 Å². The minimum absolute atomic E-state index is 0.0723. The molecule has 0 unspecified atom stereocenters. The van der Waals surface area contributed by atoms with Crippen LogP contribution < -0.4 is 9.47 Å². The molecule has 0 bridgehead atoms. The van der Waals surface area contributed by atoms with Crippen LogP contribution in [0.25, 0.3) is 0 Å². The second kappa shape index (κ2) is 7.47. The summed E-state index contributed by atoms with van der Waals surface area (Å²) in [6.07, 6.45) is 0. The second-order valence-corrected chi connectivity index (χ2v) is 6.15. The van der Waals surface area contributed by atoms with E-state index in [1.54, 1.807) is 18.2 Å². The van der Waals surface area contributed by atoms with Gasteiger partial charge in [0.25, 0.3) is 0 Å². The molecular weight excluding hydrogens is 426 g/mol. The summed E-state index contributed by atoms with van der Waals surface area (Å²) in [5.74, 6) is 0.595. The van der Waals surface area contributed by atoms with E-state index in [1.807, 2.05) is 6.07 Å². The highest BCUT2D eigenvalue weighted by Gasteiger charge is 2.13. The van der Waals surface area contributed by atoms with Crippen molar-refractivity contribution in [3.8, 4) is 11.5 Å². The van der Waals surface area contributed by atoms with Crippen LogP contribution in [-0.4, -0.2) is 7.11 Å². The van der Waals surface area contributed by atoms with Crippen molar-refractivity contribution in [1.82, 2.24) is 0 Å². The number of halogens is 4. The second-order valence-electron chi connectivity index (χ2n) is 4.27. The first kappa shape index (κ1) is 16.6. The maximum atomic E-state index is 13.8. The highest BCUT2D eigenvalue weighted by Crippen LogP contribution is 2.37. The van der Waals surface area contributed by atoms with Gasteiger partial charge in [-0.1, -0.05) is 49.5 Å². The molecule has 0 aliphatic rings. The van der Waals surface area contributed by atoms with Gasteiger partial charge in [0.2, 0.25) is 0 Å². The van der Waals surface area contributed by atoms with E-state index in [1.165, 1.54) is 13.2 Å². The van der Waals surface area contributed by atoms with E-state index in [-0.39, 0.29) is 12.4 Å². The van der Waals surface area contributed by atoms with Gasteiger partial charge >= 0.3 is 0 Å². The first-order valence-corrected chi connectivity index (χ1v) is 8.33. The van der Waals surface area contributed by atoms with Gasteiger partial charge < -0.3 is 9.47 Å². The number of alkyl halides is 1. The van der Waals surface area contributed by atoms with Crippen molar-refractivity contribution in [2.24, 2.45) is 0 Å². The number of hydrogen-bond donors (Lipinski definition) is 0. The first-order valence-electron chi connectivity index (χ1n) is 6.04. The Morgan fingerprint density at radius 2 is 2.00 bits per heavy atom. The molecule has 0 spiro atoms. The molecule has 0 saturated carbocycles. The lowest BCUT2D eigenvalue weighted by atomic mass is 10.2. The summed E-state index contributed by atoms with van der Waals surface area (Å²) in [4.78, 5) is 0. The summed E-state index contributed by atoms with van der Waals surface area (Å²) in [6, 6.07) is 8.42. The molecule has 0 aliphatic carbocycles. The summed E-state index contributed by atoms with van der Waals surface area (Å²) in [7, 11) is 1.54. The van der Waals surface area contributed by atoms with Gasteiger partial charge in [0.05, 0.1) is 12.1 Å². The lowest BCUT2D eigenvalue weighted by Crippen LogP contribution is -2.01. The van der Waals surface area contributed by atoms with Crippen molar-refractivity contribution in [1.29, 1.82) is 0 Å². The number of methoxy groups -OCH3 is 1. The fourth-order valence-corrected chi connectivity index (χ4v) is 2.72. The predicted octanol–water partition coefficient (Wildman–Crippen LogP) is 5.72. The van der Waals surface area contributed by atoms with Crippen LogP contribution in [0.2, 0.25) is 5.02 Å². The highest BCUT2D eigenvalue weighted by atomic mass is 79.9. The van der Waals surface area contributed by atoms with Crippen molar-refractivity contribution in [3.05, 3.63) is 56.8 Å². The van der Waals surface area contributed by atoms with Crippen LogP contribution in [0.3, 0.4) is 0 Å². The highest BCUT2D eigenvalue weighted by molar-refractivity contribution is 9.10. The number of hydrogen-bond acceptors (Lipinski definition) is 2. The quantitative estimate of drug-likeness (QED) is 0.556. The molecule has 0 amide bonds. The average Bonchev–Trinajstić information content (AvgIpc) is 2.46. The van der Waals surface area contributed by atoms with Crippen molar-refractivity contribution >= 4 is 43.5 Å². The summed E-state index contributed by atoms with van der Waals surface area (Å²) in [5.41, 5.74) is 1.42. The number of rotatable bonds is 5. The summed E-state index contributed by atoms with van der Waals surface area (Å²) >= 11 is 12.8. The number of ether oxygens (including phenoxy) is 2. The first-order chi connectivity index (χ1) is 10.0. The molecule has 112 valence electrons. The maximum Gasteiger partial charge on any atom is 0.180 e. The SMILES string of the molecule is COc1cc(CBr)cc(Cl)c1OCc1ccc(Br)cc1F. The third-order valence-electron chi connectivity index (χ3n) is 2.83. The molecule has 2 nitrogen and oxygen atoms in total. The molecule has 0 atom stereocenters. The van der Waals surface area contributed by atoms with E-state index in [4.69, 9.17) is 21.1 Å². The predicted molar refractivity (Wildman–Crippen MR) is 89.1 cm³/mol. The lowest BCUT2D eigenvalue weighted by Gasteiger charge is -2.14. The fraction of sp³-hybridized carbons (Fsp3) is 0.200. The minimum Gasteiger partial charge on any atom is -0.493 e. The molecule has 0 aliphatic heterocycles. The van der Waals surface area contributed by atoms with Crippen molar-refractivity contribution < 1.29 is 13.9 Å². The van der Waals surface area contributed by atoms with Gasteiger partial charge in [0.15, 0.2) is 11.5 Å². The van der Waals surface area contributed by atoms with E-state index in [2.05, 4.69) is 31.9 Å². The van der Waals surface area contributed by atoms with E-state index in [0.717, 1.165) is 5.56 Å². The Bertz CT molecular complexity index is 650. The lowest BCUT2D eigenvalue weighted by molar-refractivity contribution is 0.280. The van der Waals surface area contributed by atoms with Crippen LogP contribution in [0, 0.1) is 5.82 Å². The maximum absolute atomic E-state index is 13.8. The van der Waals surface area contributed by atoms with Gasteiger partial charge in [-0.3, -0.25) is 0 Å². The molecule has 0 aromatic heterocycles. The van der Waals surface area contributed by atoms with Crippen LogP contribution in [-0.2, 0) is 11.9 Å². The Balaban J connectivity index is 2.23. The van der Waals surface area contributed by atoms with E-state index in [0.29, 0.717) is 31.9 Å². The van der Waals surface area contributed by atoms with Crippen LogP contribution in [0.15, 0.2) is 34.8 Å². The summed E-state index contributed by atoms with van der Waals surface area (Å²) in [6.45, 7) is 0.0723. The number of benzene rings is 2. The Morgan fingerprint density at radius 3 is 2.62 bits per heavy atom. The Kier molecular flexibility index (Phi) is 5.90. The molecule has 2 aromatic rings. The molecule has 0 heterocycles. The molecule has 2 rings (SSSR count). The molecule has 2 aromatic carbocycles. The van der Waals surface area contributed by atoms with Gasteiger partial charge in [-0.25, -0.2) is 4.39 Å². The molecule has 0 radical (unpaired) electrons. The zero-order chi connectivity index (χ0) is 15.4. The van der Waals surface area contributed by atoms with Crippen molar-refractivity contribution in [2.75, 3.05) is 7.11 Å². The molecular formula is C15H12Br2ClFO2. The van der Waals surface area contributed by atoms with Crippen LogP contribution in [0.1, 0.15) is 11.1 Å². The standard InChI is InChI=1S/C15H12Br2ClFO2/c1-20-14-5-9(7-16)4-12(18)15(14)21-8-10-2-3-11(17)6-13(10)19/h2-6H,7-8H2,1H3. The minimum atomic E-state index is -0.337. The van der Waals surface area contributed by atoms with E-state index >= 15 is 0 Å². The van der Waals surface area contributed by atoms with Crippen molar-refractivity contribution in [2.45, 2.75) is 11.9 Å². The average molecular weight is 439 g/mol. The molecule has 6 heteroatoms. The molecule has 0 N–H and O–H groups in total. The fourth-order valence-electron chi connectivity index (χ4n) is 1.78. The van der Waals surface area contributed by atoms with Gasteiger partial charge in [0.1, 0.15) is 12.4 Å². The molecule has 0 saturated heterocycles. The third kappa shape index (κ3) is 4.11. The summed E-state index contributed by atoms with van der Waals surface area (Å²) < 4.78 is 25.4. The van der Waals surface area contributed by atoms with Crippen LogP contribution in [0.4, 0.5) is 4.39 Å². The Labute approximate surface area is 144 Å². The van der Waals surface area contributed by atoms with Crippen LogP contribution >= 0.6 is 43.5 Å². The molecule has 0 fully saturated rings. The smallest absolute Gasteiger partial charge is 0.180 e.